The van der Waals surface area contributed by atoms with Gasteiger partial charge in [0.15, 0.2) is 0 Å². The summed E-state index contributed by atoms with van der Waals surface area (Å²) in [6, 6.07) is 19.9. The fourth-order valence-corrected chi connectivity index (χ4v) is 5.13. The topological polar surface area (TPSA) is 45.1 Å². The summed E-state index contributed by atoms with van der Waals surface area (Å²) in [5.41, 5.74) is 1.41. The zero-order valence-electron chi connectivity index (χ0n) is 18.4. The minimum absolute atomic E-state index is 0. The van der Waals surface area contributed by atoms with Crippen LogP contribution in [-0.2, 0) is 12.7 Å². The van der Waals surface area contributed by atoms with E-state index in [1.807, 2.05) is 48.2 Å². The molecule has 1 saturated carbocycles. The molecule has 1 heterocycles. The molecule has 0 amide bonds. The largest absolute Gasteiger partial charge is 1.00 e. The average Bonchev–Trinajstić information content (AvgIpc) is 3.54. The van der Waals surface area contributed by atoms with Crippen molar-refractivity contribution >= 4 is 28.6 Å². The van der Waals surface area contributed by atoms with E-state index in [9.17, 15) is 23.1 Å². The van der Waals surface area contributed by atoms with Gasteiger partial charge in [0, 0.05) is 33.2 Å². The van der Waals surface area contributed by atoms with Crippen LogP contribution in [0.2, 0.25) is 0 Å². The Bertz CT molecular complexity index is 1340. The monoisotopic (exact) mass is 505 g/mol. The molecule has 0 unspecified atom stereocenters. The van der Waals surface area contributed by atoms with Crippen molar-refractivity contribution in [2.75, 3.05) is 0 Å². The average molecular weight is 506 g/mol. The smallest absolute Gasteiger partial charge is 0.543 e. The Kier molecular flexibility index (Phi) is 7.66. The van der Waals surface area contributed by atoms with E-state index in [-0.39, 0.29) is 63.6 Å². The SMILES string of the molecule is O=C([O-])c1c(-c2ccc(SC3CC3)cc2)c2ccccc2n1Cc1cccc(C(F)(F)F)c1.[K+]. The van der Waals surface area contributed by atoms with Crippen LogP contribution in [-0.4, -0.2) is 15.8 Å². The van der Waals surface area contributed by atoms with Gasteiger partial charge in [0.25, 0.3) is 0 Å². The quantitative estimate of drug-likeness (QED) is 0.379. The van der Waals surface area contributed by atoms with Crippen molar-refractivity contribution in [2.24, 2.45) is 0 Å². The van der Waals surface area contributed by atoms with E-state index >= 15 is 0 Å². The van der Waals surface area contributed by atoms with Crippen molar-refractivity contribution in [1.29, 1.82) is 0 Å². The van der Waals surface area contributed by atoms with E-state index in [1.54, 1.807) is 18.2 Å². The van der Waals surface area contributed by atoms with Crippen molar-refractivity contribution in [1.82, 2.24) is 4.57 Å². The Morgan fingerprint density at radius 2 is 1.71 bits per heavy atom. The van der Waals surface area contributed by atoms with E-state index in [1.165, 1.54) is 23.5 Å². The van der Waals surface area contributed by atoms with Gasteiger partial charge in [-0.15, -0.1) is 11.8 Å². The van der Waals surface area contributed by atoms with Crippen LogP contribution in [0.4, 0.5) is 13.2 Å². The Morgan fingerprint density at radius 1 is 1.00 bits per heavy atom. The third kappa shape index (κ3) is 5.32. The number of hydrogen-bond acceptors (Lipinski definition) is 3. The molecule has 0 saturated heterocycles. The molecule has 34 heavy (non-hydrogen) atoms. The van der Waals surface area contributed by atoms with Gasteiger partial charge in [-0.3, -0.25) is 0 Å². The molecule has 3 aromatic carbocycles. The molecule has 3 nitrogen and oxygen atoms in total. The second-order valence-corrected chi connectivity index (χ2v) is 9.53. The van der Waals surface area contributed by atoms with Crippen molar-refractivity contribution in [3.8, 4) is 11.1 Å². The standard InChI is InChI=1S/C26H20F3NO2S.K/c27-26(28,29)18-5-3-4-16(14-18)15-30-22-7-2-1-6-21(22)23(24(30)25(31)32)17-8-10-19(11-9-17)33-20-12-13-20;/h1-11,14,20H,12-13,15H2,(H,31,32);/q;+1/p-1. The number of carboxylic acid groups (broad SMARTS) is 1. The van der Waals surface area contributed by atoms with Crippen molar-refractivity contribution in [2.45, 2.75) is 35.7 Å². The van der Waals surface area contributed by atoms with Gasteiger partial charge in [-0.2, -0.15) is 13.2 Å². The number of nitrogens with zero attached hydrogens (tertiary/aromatic N) is 1. The van der Waals surface area contributed by atoms with Crippen LogP contribution in [0.25, 0.3) is 22.0 Å². The minimum Gasteiger partial charge on any atom is -0.543 e. The first-order valence-electron chi connectivity index (χ1n) is 10.6. The summed E-state index contributed by atoms with van der Waals surface area (Å²) < 4.78 is 41.1. The number of benzene rings is 3. The zero-order valence-corrected chi connectivity index (χ0v) is 22.4. The summed E-state index contributed by atoms with van der Waals surface area (Å²) in [4.78, 5) is 13.4. The third-order valence-corrected chi connectivity index (χ3v) is 7.08. The number of aromatic carboxylic acids is 1. The molecule has 1 aromatic heterocycles. The number of alkyl halides is 3. The van der Waals surface area contributed by atoms with Crippen LogP contribution in [0.3, 0.4) is 0 Å². The van der Waals surface area contributed by atoms with Gasteiger partial charge in [-0.05, 0) is 54.3 Å². The van der Waals surface area contributed by atoms with Crippen LogP contribution >= 0.6 is 11.8 Å². The molecule has 5 rings (SSSR count). The van der Waals surface area contributed by atoms with Crippen LogP contribution in [0.1, 0.15) is 34.5 Å². The number of rotatable bonds is 6. The molecule has 1 aliphatic rings. The number of para-hydroxylation sites is 1. The number of aromatic nitrogens is 1. The molecule has 168 valence electrons. The number of carbonyl (C=O) groups excluding carboxylic acids is 1. The number of carboxylic acids is 1. The van der Waals surface area contributed by atoms with Crippen molar-refractivity contribution < 1.29 is 74.5 Å². The van der Waals surface area contributed by atoms with Gasteiger partial charge in [0.2, 0.25) is 0 Å². The van der Waals surface area contributed by atoms with E-state index in [2.05, 4.69) is 0 Å². The molecular weight excluding hydrogens is 486 g/mol. The van der Waals surface area contributed by atoms with E-state index in [0.29, 0.717) is 27.3 Å². The molecule has 0 radical (unpaired) electrons. The number of carbonyl (C=O) groups is 1. The summed E-state index contributed by atoms with van der Waals surface area (Å²) in [6.07, 6.45) is -2.05. The van der Waals surface area contributed by atoms with Gasteiger partial charge in [0.05, 0.1) is 17.2 Å². The van der Waals surface area contributed by atoms with E-state index < -0.39 is 17.7 Å². The molecule has 0 aliphatic heterocycles. The first-order chi connectivity index (χ1) is 15.8. The second kappa shape index (κ2) is 10.2. The second-order valence-electron chi connectivity index (χ2n) is 8.15. The van der Waals surface area contributed by atoms with E-state index in [4.69, 9.17) is 0 Å². The molecule has 1 fully saturated rings. The molecule has 0 atom stereocenters. The third-order valence-electron chi connectivity index (χ3n) is 5.73. The fraction of sp³-hybridized carbons (Fsp3) is 0.192. The van der Waals surface area contributed by atoms with Crippen LogP contribution in [0.5, 0.6) is 0 Å². The van der Waals surface area contributed by atoms with Gasteiger partial charge in [-0.1, -0.05) is 42.5 Å². The first-order valence-corrected chi connectivity index (χ1v) is 11.4. The van der Waals surface area contributed by atoms with Gasteiger partial charge in [-0.25, -0.2) is 0 Å². The minimum atomic E-state index is -4.47. The zero-order chi connectivity index (χ0) is 23.2. The molecular formula is C26H19F3KNO2S. The first kappa shape index (κ1) is 25.5. The Labute approximate surface area is 241 Å². The summed E-state index contributed by atoms with van der Waals surface area (Å²) in [6.45, 7) is -0.0244. The van der Waals surface area contributed by atoms with Gasteiger partial charge >= 0.3 is 57.6 Å². The van der Waals surface area contributed by atoms with E-state index in [0.717, 1.165) is 22.6 Å². The number of hydrogen-bond donors (Lipinski definition) is 0. The molecule has 0 spiro atoms. The summed E-state index contributed by atoms with van der Waals surface area (Å²) in [7, 11) is 0. The predicted octanol–water partition coefficient (Wildman–Crippen LogP) is 3.00. The maximum absolute atomic E-state index is 13.2. The van der Waals surface area contributed by atoms with Gasteiger partial charge < -0.3 is 14.5 Å². The number of thioether (sulfide) groups is 1. The number of fused-ring (bicyclic) bond motifs is 1. The molecule has 0 N–H and O–H groups in total. The maximum Gasteiger partial charge on any atom is 1.00 e. The van der Waals surface area contributed by atoms with Crippen LogP contribution < -0.4 is 56.5 Å². The Balaban J connectivity index is 0.00000274. The van der Waals surface area contributed by atoms with Crippen LogP contribution in [0.15, 0.2) is 77.7 Å². The maximum atomic E-state index is 13.2. The number of halogens is 3. The summed E-state index contributed by atoms with van der Waals surface area (Å²) in [5, 5.41) is 13.7. The molecule has 4 aromatic rings. The van der Waals surface area contributed by atoms with Crippen LogP contribution in [0, 0.1) is 0 Å². The predicted molar refractivity (Wildman–Crippen MR) is 121 cm³/mol. The molecule has 8 heteroatoms. The van der Waals surface area contributed by atoms with Crippen molar-refractivity contribution in [3.05, 3.63) is 89.6 Å². The Hall–Kier alpha value is -1.55. The summed E-state index contributed by atoms with van der Waals surface area (Å²) >= 11 is 1.81. The molecule has 1 aliphatic carbocycles. The summed E-state index contributed by atoms with van der Waals surface area (Å²) in [5.74, 6) is -1.37. The van der Waals surface area contributed by atoms with Crippen molar-refractivity contribution in [3.63, 3.8) is 0 Å². The fourth-order valence-electron chi connectivity index (χ4n) is 4.08. The normalized spacial score (nSPS) is 13.6. The Morgan fingerprint density at radius 3 is 2.35 bits per heavy atom. The molecule has 0 bridgehead atoms. The van der Waals surface area contributed by atoms with Gasteiger partial charge in [0.1, 0.15) is 0 Å².